The second-order valence-corrected chi connectivity index (χ2v) is 3.24. The summed E-state index contributed by atoms with van der Waals surface area (Å²) in [4.78, 5) is 0. The Morgan fingerprint density at radius 3 is 2.33 bits per heavy atom. The molecule has 9 heavy (non-hydrogen) atoms. The molecule has 0 radical (unpaired) electrons. The van der Waals surface area contributed by atoms with E-state index in [2.05, 4.69) is 30.3 Å². The van der Waals surface area contributed by atoms with Crippen LogP contribution in [0.2, 0.25) is 3.67 Å². The molecule has 0 nitrogen and oxygen atoms in total. The van der Waals surface area contributed by atoms with Crippen molar-refractivity contribution in [1.29, 1.82) is 0 Å². The van der Waals surface area contributed by atoms with Gasteiger partial charge in [0.2, 0.25) is 0 Å². The van der Waals surface area contributed by atoms with E-state index in [1.54, 1.807) is 0 Å². The first-order chi connectivity index (χ1) is 4.43. The third-order valence-corrected chi connectivity index (χ3v) is 1.88. The van der Waals surface area contributed by atoms with Gasteiger partial charge in [0.1, 0.15) is 0 Å². The molecule has 0 saturated carbocycles. The minimum atomic E-state index is 1.27. The van der Waals surface area contributed by atoms with E-state index < -0.39 is 0 Å². The molecule has 0 aliphatic carbocycles. The number of aryl methyl sites for hydroxylation is 1. The third-order valence-electron chi connectivity index (χ3n) is 1.38. The van der Waals surface area contributed by atoms with Crippen LogP contribution in [0.4, 0.5) is 0 Å². The first-order valence-corrected chi connectivity index (χ1v) is 4.89. The van der Waals surface area contributed by atoms with Crippen molar-refractivity contribution in [2.75, 3.05) is 0 Å². The fourth-order valence-corrected chi connectivity index (χ4v) is 1.51. The molecule has 0 amide bonds. The van der Waals surface area contributed by atoms with Gasteiger partial charge in [-0.1, -0.05) is 0 Å². The van der Waals surface area contributed by atoms with Gasteiger partial charge in [0.15, 0.2) is 0 Å². The summed E-state index contributed by atoms with van der Waals surface area (Å²) in [6.45, 7) is 0. The monoisotopic (exact) mass is 128 g/mol. The summed E-state index contributed by atoms with van der Waals surface area (Å²) >= 11 is 1.32. The second kappa shape index (κ2) is 4.10. The number of benzene rings is 1. The van der Waals surface area contributed by atoms with Crippen molar-refractivity contribution < 1.29 is 0 Å². The molecule has 1 heteroatoms. The topological polar surface area (TPSA) is 0 Å². The normalized spacial score (nSPS) is 9.56. The van der Waals surface area contributed by atoms with Gasteiger partial charge >= 0.3 is 73.9 Å². The molecule has 0 saturated heterocycles. The van der Waals surface area contributed by atoms with Gasteiger partial charge < -0.3 is 0 Å². The summed E-state index contributed by atoms with van der Waals surface area (Å²) in [6, 6.07) is 10.7. The Morgan fingerprint density at radius 2 is 1.78 bits per heavy atom. The molecule has 0 aromatic heterocycles. The van der Waals surface area contributed by atoms with Gasteiger partial charge in [-0.2, -0.15) is 0 Å². The predicted octanol–water partition coefficient (Wildman–Crippen LogP) is 1.82. The average molecular weight is 128 g/mol. The van der Waals surface area contributed by atoms with Crippen LogP contribution in [0.5, 0.6) is 0 Å². The van der Waals surface area contributed by atoms with Crippen molar-refractivity contribution >= 4 is 27.9 Å². The zero-order chi connectivity index (χ0) is 6.53. The summed E-state index contributed by atoms with van der Waals surface area (Å²) in [5, 5.41) is 0. The summed E-state index contributed by atoms with van der Waals surface area (Å²) in [5.74, 6) is 0. The number of hydrogen-bond acceptors (Lipinski definition) is 0. The summed E-state index contributed by atoms with van der Waals surface area (Å²) in [7, 11) is 0. The Kier molecular flexibility index (Phi) is 3.34. The molecule has 0 aliphatic rings. The van der Waals surface area contributed by atoms with Crippen LogP contribution >= 0.6 is 0 Å². The van der Waals surface area contributed by atoms with Gasteiger partial charge in [0, 0.05) is 0 Å². The van der Waals surface area contributed by atoms with Crippen LogP contribution in [0.15, 0.2) is 30.3 Å². The van der Waals surface area contributed by atoms with Crippen molar-refractivity contribution in [3.8, 4) is 0 Å². The zero-order valence-electron chi connectivity index (χ0n) is 5.80. The van der Waals surface area contributed by atoms with Crippen molar-refractivity contribution in [3.63, 3.8) is 0 Å². The van der Waals surface area contributed by atoms with Gasteiger partial charge in [0.25, 0.3) is 0 Å². The standard InChI is InChI=1S/C8H9.Na/c1-2-8-6-4-3-5-7-8;/h3-7H,1-2H2;. The molecule has 0 aliphatic heterocycles. The molecule has 0 heterocycles. The molecule has 0 fully saturated rings. The Bertz CT molecular complexity index is 157. The molecule has 0 spiro atoms. The molecule has 0 N–H and O–H groups in total. The van der Waals surface area contributed by atoms with Crippen molar-refractivity contribution in [2.45, 2.75) is 10.1 Å². The molecule has 0 atom stereocenters. The molecule has 0 bridgehead atoms. The van der Waals surface area contributed by atoms with E-state index >= 15 is 0 Å². The summed E-state index contributed by atoms with van der Waals surface area (Å²) < 4.78 is 1.38. The number of rotatable bonds is 2. The number of hydrogen-bond donors (Lipinski definition) is 0. The molecular weight excluding hydrogens is 119 g/mol. The third kappa shape index (κ3) is 2.53. The molecule has 1 rings (SSSR count). The summed E-state index contributed by atoms with van der Waals surface area (Å²) in [5.41, 5.74) is 1.48. The van der Waals surface area contributed by atoms with Gasteiger partial charge in [-0.05, 0) is 0 Å². The molecule has 1 aromatic carbocycles. The maximum absolute atomic E-state index is 2.19. The van der Waals surface area contributed by atoms with Crippen molar-refractivity contribution in [2.24, 2.45) is 0 Å². The van der Waals surface area contributed by atoms with Crippen LogP contribution in [-0.4, -0.2) is 27.9 Å². The van der Waals surface area contributed by atoms with E-state index in [0.29, 0.717) is 0 Å². The van der Waals surface area contributed by atoms with Crippen LogP contribution in [0.3, 0.4) is 0 Å². The zero-order valence-corrected chi connectivity index (χ0v) is 7.80. The second-order valence-electron chi connectivity index (χ2n) is 2.24. The maximum atomic E-state index is 2.19. The van der Waals surface area contributed by atoms with E-state index in [1.807, 2.05) is 0 Å². The van der Waals surface area contributed by atoms with Crippen LogP contribution in [0.25, 0.3) is 0 Å². The SMILES string of the molecule is [Na][CH2]Cc1ccccc1. The first kappa shape index (κ1) is 7.33. The van der Waals surface area contributed by atoms with Crippen LogP contribution in [0, 0.1) is 0 Å². The van der Waals surface area contributed by atoms with E-state index in [1.165, 1.54) is 43.6 Å². The van der Waals surface area contributed by atoms with E-state index in [-0.39, 0.29) is 0 Å². The van der Waals surface area contributed by atoms with E-state index in [4.69, 9.17) is 0 Å². The Labute approximate surface area is 73.7 Å². The van der Waals surface area contributed by atoms with E-state index in [0.717, 1.165) is 0 Å². The van der Waals surface area contributed by atoms with E-state index in [9.17, 15) is 0 Å². The van der Waals surface area contributed by atoms with Crippen LogP contribution < -0.4 is 0 Å². The summed E-state index contributed by atoms with van der Waals surface area (Å²) in [6.07, 6.45) is 1.27. The Balaban J connectivity index is 2.61. The predicted molar refractivity (Wildman–Crippen MR) is 40.7 cm³/mol. The molecule has 0 unspecified atom stereocenters. The molecular formula is C8H9Na. The van der Waals surface area contributed by atoms with Crippen molar-refractivity contribution in [3.05, 3.63) is 35.9 Å². The molecule has 42 valence electrons. The van der Waals surface area contributed by atoms with Gasteiger partial charge in [-0.15, -0.1) is 0 Å². The fourth-order valence-electron chi connectivity index (χ4n) is 0.933. The molecule has 1 aromatic rings. The fraction of sp³-hybridized carbons (Fsp3) is 0.250. The van der Waals surface area contributed by atoms with Gasteiger partial charge in [-0.25, -0.2) is 0 Å². The Morgan fingerprint density at radius 1 is 1.11 bits per heavy atom. The van der Waals surface area contributed by atoms with Crippen molar-refractivity contribution in [1.82, 2.24) is 0 Å². The quantitative estimate of drug-likeness (QED) is 0.533. The first-order valence-electron chi connectivity index (χ1n) is 3.47. The van der Waals surface area contributed by atoms with Crippen LogP contribution in [-0.2, 0) is 6.42 Å². The van der Waals surface area contributed by atoms with Gasteiger partial charge in [-0.3, -0.25) is 0 Å². The van der Waals surface area contributed by atoms with Gasteiger partial charge in [0.05, 0.1) is 0 Å². The van der Waals surface area contributed by atoms with Crippen LogP contribution in [0.1, 0.15) is 5.56 Å². The minimum absolute atomic E-state index is 1.27. The average Bonchev–Trinajstić information content (AvgIpc) is 1.91. The Hall–Kier alpha value is 0.220.